The van der Waals surface area contributed by atoms with Crippen LogP contribution in [0.4, 0.5) is 9.52 Å². The molecule has 0 unspecified atom stereocenters. The first-order valence-electron chi connectivity index (χ1n) is 7.42. The molecule has 6 heteroatoms. The lowest BCUT2D eigenvalue weighted by Crippen LogP contribution is -2.12. The summed E-state index contributed by atoms with van der Waals surface area (Å²) in [6.07, 6.45) is 0. The molecule has 0 aliphatic heterocycles. The van der Waals surface area contributed by atoms with Crippen molar-refractivity contribution in [1.82, 2.24) is 4.98 Å². The van der Waals surface area contributed by atoms with Crippen LogP contribution in [0.15, 0.2) is 58.8 Å². The quantitative estimate of drug-likeness (QED) is 0.628. The number of thiazole rings is 1. The smallest absolute Gasteiger partial charge is 0.258 e. The molecule has 0 aliphatic carbocycles. The summed E-state index contributed by atoms with van der Waals surface area (Å²) in [4.78, 5) is 17.9. The van der Waals surface area contributed by atoms with Gasteiger partial charge in [0.05, 0.1) is 11.3 Å². The first-order valence-corrected chi connectivity index (χ1v) is 9.28. The van der Waals surface area contributed by atoms with Gasteiger partial charge in [0.2, 0.25) is 0 Å². The highest BCUT2D eigenvalue weighted by Gasteiger charge is 2.13. The molecule has 1 amide bonds. The number of amides is 1. The Labute approximate surface area is 148 Å². The number of carbonyl (C=O) groups is 1. The molecule has 0 spiro atoms. The summed E-state index contributed by atoms with van der Waals surface area (Å²) in [6.45, 7) is 2.05. The molecule has 0 radical (unpaired) electrons. The number of rotatable bonds is 5. The number of hydrogen-bond donors (Lipinski definition) is 1. The molecule has 3 rings (SSSR count). The summed E-state index contributed by atoms with van der Waals surface area (Å²) in [5.41, 5.74) is 2.17. The van der Waals surface area contributed by atoms with Gasteiger partial charge in [-0.15, -0.1) is 23.1 Å². The highest BCUT2D eigenvalue weighted by molar-refractivity contribution is 7.99. The van der Waals surface area contributed by atoms with E-state index in [0.29, 0.717) is 16.4 Å². The number of nitrogens with one attached hydrogen (secondary N) is 1. The van der Waals surface area contributed by atoms with E-state index in [1.165, 1.54) is 23.5 Å². The summed E-state index contributed by atoms with van der Waals surface area (Å²) >= 11 is 2.98. The van der Waals surface area contributed by atoms with Crippen LogP contribution in [0.1, 0.15) is 17.3 Å². The third-order valence-electron chi connectivity index (χ3n) is 3.30. The molecular weight excluding hydrogens is 343 g/mol. The minimum absolute atomic E-state index is 0.174. The molecule has 3 aromatic rings. The average Bonchev–Trinajstić information content (AvgIpc) is 3.05. The third-order valence-corrected chi connectivity index (χ3v) is 5.01. The van der Waals surface area contributed by atoms with E-state index < -0.39 is 0 Å². The Balaban J connectivity index is 1.77. The van der Waals surface area contributed by atoms with Gasteiger partial charge in [0.25, 0.3) is 5.91 Å². The van der Waals surface area contributed by atoms with E-state index in [2.05, 4.69) is 17.2 Å². The fourth-order valence-electron chi connectivity index (χ4n) is 2.18. The third kappa shape index (κ3) is 3.83. The number of nitrogens with zero attached hydrogens (tertiary/aromatic N) is 1. The molecule has 0 fully saturated rings. The fourth-order valence-corrected chi connectivity index (χ4v) is 3.70. The zero-order valence-electron chi connectivity index (χ0n) is 13.0. The van der Waals surface area contributed by atoms with Crippen molar-refractivity contribution in [1.29, 1.82) is 0 Å². The number of hydrogen-bond acceptors (Lipinski definition) is 4. The van der Waals surface area contributed by atoms with Gasteiger partial charge in [0, 0.05) is 15.8 Å². The molecule has 0 bridgehead atoms. The number of benzene rings is 2. The van der Waals surface area contributed by atoms with Gasteiger partial charge in [-0.3, -0.25) is 10.1 Å². The van der Waals surface area contributed by atoms with Crippen molar-refractivity contribution in [2.45, 2.75) is 11.8 Å². The van der Waals surface area contributed by atoms with Gasteiger partial charge in [0.1, 0.15) is 5.82 Å². The number of halogens is 1. The highest BCUT2D eigenvalue weighted by atomic mass is 32.2. The lowest BCUT2D eigenvalue weighted by Gasteiger charge is -2.07. The minimum Gasteiger partial charge on any atom is -0.298 e. The molecular formula is C18H15FN2OS2. The summed E-state index contributed by atoms with van der Waals surface area (Å²) < 4.78 is 13.0. The number of thioether (sulfide) groups is 1. The maximum atomic E-state index is 13.0. The van der Waals surface area contributed by atoms with Gasteiger partial charge in [-0.2, -0.15) is 0 Å². The van der Waals surface area contributed by atoms with E-state index in [9.17, 15) is 9.18 Å². The van der Waals surface area contributed by atoms with Crippen molar-refractivity contribution >= 4 is 34.1 Å². The topological polar surface area (TPSA) is 42.0 Å². The van der Waals surface area contributed by atoms with Gasteiger partial charge in [-0.1, -0.05) is 19.1 Å². The predicted molar refractivity (Wildman–Crippen MR) is 98.3 cm³/mol. The molecule has 1 heterocycles. The Morgan fingerprint density at radius 3 is 2.71 bits per heavy atom. The maximum absolute atomic E-state index is 13.0. The Morgan fingerprint density at radius 1 is 1.21 bits per heavy atom. The van der Waals surface area contributed by atoms with Crippen LogP contribution in [-0.4, -0.2) is 16.6 Å². The zero-order valence-corrected chi connectivity index (χ0v) is 14.6. The first-order chi connectivity index (χ1) is 11.7. The van der Waals surface area contributed by atoms with Gasteiger partial charge >= 0.3 is 0 Å². The zero-order chi connectivity index (χ0) is 16.9. The minimum atomic E-state index is -0.285. The van der Waals surface area contributed by atoms with Crippen molar-refractivity contribution in [3.05, 3.63) is 65.3 Å². The van der Waals surface area contributed by atoms with Crippen molar-refractivity contribution in [3.63, 3.8) is 0 Å². The number of aromatic nitrogens is 1. The van der Waals surface area contributed by atoms with E-state index in [1.54, 1.807) is 23.9 Å². The van der Waals surface area contributed by atoms with E-state index in [0.717, 1.165) is 16.2 Å². The molecule has 0 atom stereocenters. The normalized spacial score (nSPS) is 10.6. The van der Waals surface area contributed by atoms with Crippen LogP contribution in [0.2, 0.25) is 0 Å². The average molecular weight is 358 g/mol. The lowest BCUT2D eigenvalue weighted by molar-refractivity contribution is 0.102. The predicted octanol–water partition coefficient (Wildman–Crippen LogP) is 5.31. The Morgan fingerprint density at radius 2 is 1.96 bits per heavy atom. The summed E-state index contributed by atoms with van der Waals surface area (Å²) in [7, 11) is 0. The van der Waals surface area contributed by atoms with Crippen LogP contribution in [0, 0.1) is 5.82 Å². The van der Waals surface area contributed by atoms with Crippen LogP contribution in [-0.2, 0) is 0 Å². The molecule has 3 nitrogen and oxygen atoms in total. The SMILES string of the molecule is CCSc1ccccc1C(=O)Nc1nc(-c2ccc(F)cc2)cs1. The second-order valence-electron chi connectivity index (χ2n) is 4.93. The Hall–Kier alpha value is -2.18. The van der Waals surface area contributed by atoms with Crippen molar-refractivity contribution < 1.29 is 9.18 Å². The van der Waals surface area contributed by atoms with E-state index in [-0.39, 0.29) is 11.7 Å². The van der Waals surface area contributed by atoms with Crippen LogP contribution < -0.4 is 5.32 Å². The number of anilines is 1. The second-order valence-corrected chi connectivity index (χ2v) is 7.09. The maximum Gasteiger partial charge on any atom is 0.258 e. The first kappa shape index (κ1) is 16.7. The van der Waals surface area contributed by atoms with Crippen LogP contribution in [0.3, 0.4) is 0 Å². The molecule has 1 N–H and O–H groups in total. The fraction of sp³-hybridized carbons (Fsp3) is 0.111. The van der Waals surface area contributed by atoms with E-state index in [1.807, 2.05) is 29.6 Å². The molecule has 2 aromatic carbocycles. The standard InChI is InChI=1S/C18H15FN2OS2/c1-2-23-16-6-4-3-5-14(16)17(22)21-18-20-15(11-24-18)12-7-9-13(19)10-8-12/h3-11H,2H2,1H3,(H,20,21,22). The molecule has 24 heavy (non-hydrogen) atoms. The lowest BCUT2D eigenvalue weighted by atomic mass is 10.2. The van der Waals surface area contributed by atoms with Gasteiger partial charge in [-0.25, -0.2) is 9.37 Å². The van der Waals surface area contributed by atoms with E-state index >= 15 is 0 Å². The van der Waals surface area contributed by atoms with Crippen LogP contribution in [0.25, 0.3) is 11.3 Å². The molecule has 122 valence electrons. The monoisotopic (exact) mass is 358 g/mol. The number of carbonyl (C=O) groups excluding carboxylic acids is 1. The summed E-state index contributed by atoms with van der Waals surface area (Å²) in [5.74, 6) is 0.440. The molecule has 1 aromatic heterocycles. The highest BCUT2D eigenvalue weighted by Crippen LogP contribution is 2.27. The summed E-state index contributed by atoms with van der Waals surface area (Å²) in [5, 5.41) is 5.21. The van der Waals surface area contributed by atoms with Gasteiger partial charge < -0.3 is 0 Å². The van der Waals surface area contributed by atoms with Crippen molar-refractivity contribution in [2.75, 3.05) is 11.1 Å². The van der Waals surface area contributed by atoms with Crippen molar-refractivity contribution in [3.8, 4) is 11.3 Å². The molecule has 0 aliphatic rings. The summed E-state index contributed by atoms with van der Waals surface area (Å²) in [6, 6.07) is 13.6. The van der Waals surface area contributed by atoms with Gasteiger partial charge in [-0.05, 0) is 42.2 Å². The second kappa shape index (κ2) is 7.59. The Kier molecular flexibility index (Phi) is 5.27. The molecule has 0 saturated heterocycles. The largest absolute Gasteiger partial charge is 0.298 e. The van der Waals surface area contributed by atoms with Crippen molar-refractivity contribution in [2.24, 2.45) is 0 Å². The Bertz CT molecular complexity index is 846. The van der Waals surface area contributed by atoms with Gasteiger partial charge in [0.15, 0.2) is 5.13 Å². The van der Waals surface area contributed by atoms with Crippen LogP contribution >= 0.6 is 23.1 Å². The van der Waals surface area contributed by atoms with E-state index in [4.69, 9.17) is 0 Å². The van der Waals surface area contributed by atoms with Crippen LogP contribution in [0.5, 0.6) is 0 Å². The molecule has 0 saturated carbocycles.